The summed E-state index contributed by atoms with van der Waals surface area (Å²) in [6, 6.07) is 5.50. The predicted molar refractivity (Wildman–Crippen MR) is 111 cm³/mol. The van der Waals surface area contributed by atoms with Gasteiger partial charge in [0.2, 0.25) is 5.91 Å². The summed E-state index contributed by atoms with van der Waals surface area (Å²) in [6.07, 6.45) is 6.26. The minimum atomic E-state index is -0.508. The summed E-state index contributed by atoms with van der Waals surface area (Å²) in [6.45, 7) is 1.43. The van der Waals surface area contributed by atoms with Crippen LogP contribution < -0.4 is 10.1 Å². The van der Waals surface area contributed by atoms with Gasteiger partial charge < -0.3 is 29.4 Å². The third kappa shape index (κ3) is 5.62. The molecule has 1 aromatic carbocycles. The van der Waals surface area contributed by atoms with Gasteiger partial charge in [0.15, 0.2) is 11.5 Å². The summed E-state index contributed by atoms with van der Waals surface area (Å²) in [4.78, 5) is 12.1. The van der Waals surface area contributed by atoms with Gasteiger partial charge in [-0.2, -0.15) is 0 Å². The molecular formula is C22H29NO6. The van der Waals surface area contributed by atoms with Crippen molar-refractivity contribution in [1.82, 2.24) is 0 Å². The van der Waals surface area contributed by atoms with Gasteiger partial charge in [0.05, 0.1) is 39.5 Å². The maximum Gasteiger partial charge on any atom is 0.229 e. The quantitative estimate of drug-likeness (QED) is 0.659. The number of amides is 1. The highest BCUT2D eigenvalue weighted by Gasteiger charge is 2.24. The number of aliphatic hydroxyl groups is 1. The molecule has 1 amide bonds. The molecule has 2 unspecified atom stereocenters. The average Bonchev–Trinajstić information content (AvgIpc) is 2.76. The summed E-state index contributed by atoms with van der Waals surface area (Å²) in [5, 5.41) is 12.0. The number of hydrogen-bond donors (Lipinski definition) is 2. The van der Waals surface area contributed by atoms with E-state index in [1.807, 2.05) is 30.4 Å². The van der Waals surface area contributed by atoms with Crippen LogP contribution in [-0.2, 0) is 19.0 Å². The summed E-state index contributed by atoms with van der Waals surface area (Å²) < 4.78 is 21.7. The van der Waals surface area contributed by atoms with E-state index in [2.05, 4.69) is 5.32 Å². The zero-order valence-electron chi connectivity index (χ0n) is 17.5. The van der Waals surface area contributed by atoms with Gasteiger partial charge in [0.25, 0.3) is 0 Å². The lowest BCUT2D eigenvalue weighted by Crippen LogP contribution is -2.23. The van der Waals surface area contributed by atoms with E-state index in [4.69, 9.17) is 18.9 Å². The van der Waals surface area contributed by atoms with Gasteiger partial charge in [-0.05, 0) is 29.3 Å². The molecule has 1 aromatic rings. The van der Waals surface area contributed by atoms with Gasteiger partial charge in [-0.15, -0.1) is 0 Å². The van der Waals surface area contributed by atoms with Gasteiger partial charge in [0, 0.05) is 13.5 Å². The first-order chi connectivity index (χ1) is 14.0. The maximum atomic E-state index is 12.1. The number of allylic oxidation sites excluding steroid dienone is 2. The Morgan fingerprint density at radius 2 is 1.97 bits per heavy atom. The Labute approximate surface area is 171 Å². The van der Waals surface area contributed by atoms with E-state index >= 15 is 0 Å². The molecule has 29 heavy (non-hydrogen) atoms. The molecule has 1 aliphatic rings. The standard InChI is InChI=1S/C22H29NO6/c1-14(13-24)22(25)23-17-10-15(8-9-18(17)26-2)6-7-16-11-19(27-3)21(29-5)20(12-16)28-4/h6-11,14,20,24H,12-13H2,1-5H3,(H,23,25). The summed E-state index contributed by atoms with van der Waals surface area (Å²) in [5.41, 5.74) is 2.45. The van der Waals surface area contributed by atoms with Crippen molar-refractivity contribution in [3.8, 4) is 5.75 Å². The number of rotatable bonds is 9. The van der Waals surface area contributed by atoms with Gasteiger partial charge in [-0.25, -0.2) is 0 Å². The molecule has 2 N–H and O–H groups in total. The highest BCUT2D eigenvalue weighted by molar-refractivity contribution is 5.94. The van der Waals surface area contributed by atoms with Crippen LogP contribution in [0, 0.1) is 5.92 Å². The van der Waals surface area contributed by atoms with Crippen molar-refractivity contribution < 1.29 is 28.8 Å². The van der Waals surface area contributed by atoms with Gasteiger partial charge >= 0.3 is 0 Å². The third-order valence-corrected chi connectivity index (χ3v) is 4.69. The number of carbonyl (C=O) groups excluding carboxylic acids is 1. The number of carbonyl (C=O) groups is 1. The van der Waals surface area contributed by atoms with Crippen LogP contribution in [0.2, 0.25) is 0 Å². The van der Waals surface area contributed by atoms with Crippen molar-refractivity contribution >= 4 is 17.7 Å². The van der Waals surface area contributed by atoms with E-state index in [0.29, 0.717) is 29.4 Å². The Morgan fingerprint density at radius 3 is 2.55 bits per heavy atom. The van der Waals surface area contributed by atoms with Crippen LogP contribution in [0.4, 0.5) is 5.69 Å². The molecular weight excluding hydrogens is 374 g/mol. The first kappa shape index (κ1) is 22.5. The molecule has 0 saturated heterocycles. The molecule has 7 nitrogen and oxygen atoms in total. The van der Waals surface area contributed by atoms with E-state index < -0.39 is 5.92 Å². The molecule has 0 aliphatic heterocycles. The molecule has 0 spiro atoms. The average molecular weight is 403 g/mol. The molecule has 0 radical (unpaired) electrons. The van der Waals surface area contributed by atoms with Crippen molar-refractivity contribution in [2.75, 3.05) is 40.4 Å². The zero-order valence-corrected chi connectivity index (χ0v) is 17.5. The molecule has 2 rings (SSSR count). The lowest BCUT2D eigenvalue weighted by atomic mass is 9.98. The Balaban J connectivity index is 2.26. The van der Waals surface area contributed by atoms with Gasteiger partial charge in [0.1, 0.15) is 11.9 Å². The van der Waals surface area contributed by atoms with E-state index in [9.17, 15) is 9.90 Å². The second-order valence-corrected chi connectivity index (χ2v) is 6.65. The summed E-state index contributed by atoms with van der Waals surface area (Å²) >= 11 is 0. The topological polar surface area (TPSA) is 86.3 Å². The molecule has 0 fully saturated rings. The van der Waals surface area contributed by atoms with Crippen LogP contribution in [0.5, 0.6) is 5.75 Å². The fourth-order valence-electron chi connectivity index (χ4n) is 2.93. The number of aliphatic hydroxyl groups excluding tert-OH is 1. The number of anilines is 1. The van der Waals surface area contributed by atoms with Crippen molar-refractivity contribution in [2.45, 2.75) is 19.4 Å². The fraction of sp³-hybridized carbons (Fsp3) is 0.409. The van der Waals surface area contributed by atoms with Crippen LogP contribution >= 0.6 is 0 Å². The summed E-state index contributed by atoms with van der Waals surface area (Å²) in [7, 11) is 6.37. The molecule has 0 saturated carbocycles. The summed E-state index contributed by atoms with van der Waals surface area (Å²) in [5.74, 6) is 1.06. The highest BCUT2D eigenvalue weighted by atomic mass is 16.5. The minimum Gasteiger partial charge on any atom is -0.495 e. The maximum absolute atomic E-state index is 12.1. The molecule has 0 bridgehead atoms. The zero-order chi connectivity index (χ0) is 21.4. The van der Waals surface area contributed by atoms with E-state index in [1.54, 1.807) is 41.4 Å². The first-order valence-electron chi connectivity index (χ1n) is 9.30. The SMILES string of the molecule is COC1=C(OC)C(OC)CC(C=Cc2ccc(OC)c(NC(=O)C(C)CO)c2)=C1. The molecule has 0 aromatic heterocycles. The molecule has 2 atom stereocenters. The minimum absolute atomic E-state index is 0.217. The second kappa shape index (κ2) is 10.7. The van der Waals surface area contributed by atoms with Crippen molar-refractivity contribution in [3.63, 3.8) is 0 Å². The van der Waals surface area contributed by atoms with Crippen molar-refractivity contribution in [3.05, 3.63) is 53.0 Å². The van der Waals surface area contributed by atoms with Crippen LogP contribution in [-0.4, -0.2) is 52.2 Å². The van der Waals surface area contributed by atoms with E-state index in [1.165, 1.54) is 0 Å². The molecule has 0 heterocycles. The van der Waals surface area contributed by atoms with Crippen LogP contribution in [0.15, 0.2) is 47.4 Å². The lowest BCUT2D eigenvalue weighted by Gasteiger charge is -2.24. The lowest BCUT2D eigenvalue weighted by molar-refractivity contribution is -0.120. The monoisotopic (exact) mass is 403 g/mol. The Morgan fingerprint density at radius 1 is 1.21 bits per heavy atom. The number of benzene rings is 1. The number of ether oxygens (including phenoxy) is 4. The Kier molecular flexibility index (Phi) is 8.30. The van der Waals surface area contributed by atoms with Crippen LogP contribution in [0.25, 0.3) is 6.08 Å². The van der Waals surface area contributed by atoms with Gasteiger partial charge in [-0.3, -0.25) is 4.79 Å². The fourth-order valence-corrected chi connectivity index (χ4v) is 2.93. The molecule has 7 heteroatoms. The smallest absolute Gasteiger partial charge is 0.229 e. The van der Waals surface area contributed by atoms with Crippen LogP contribution in [0.3, 0.4) is 0 Å². The van der Waals surface area contributed by atoms with E-state index in [-0.39, 0.29) is 18.6 Å². The Bertz CT molecular complexity index is 812. The van der Waals surface area contributed by atoms with E-state index in [0.717, 1.165) is 11.1 Å². The Hall–Kier alpha value is -2.77. The first-order valence-corrected chi connectivity index (χ1v) is 9.30. The number of nitrogens with one attached hydrogen (secondary N) is 1. The molecule has 1 aliphatic carbocycles. The third-order valence-electron chi connectivity index (χ3n) is 4.69. The molecule has 158 valence electrons. The van der Waals surface area contributed by atoms with Crippen molar-refractivity contribution in [2.24, 2.45) is 5.92 Å². The van der Waals surface area contributed by atoms with Crippen LogP contribution in [0.1, 0.15) is 18.9 Å². The van der Waals surface area contributed by atoms with Crippen molar-refractivity contribution in [1.29, 1.82) is 0 Å². The number of methoxy groups -OCH3 is 4. The highest BCUT2D eigenvalue weighted by Crippen LogP contribution is 2.30. The second-order valence-electron chi connectivity index (χ2n) is 6.65. The normalized spacial score (nSPS) is 17.7. The number of hydrogen-bond acceptors (Lipinski definition) is 6. The largest absolute Gasteiger partial charge is 0.495 e. The van der Waals surface area contributed by atoms with Gasteiger partial charge in [-0.1, -0.05) is 25.1 Å². The predicted octanol–water partition coefficient (Wildman–Crippen LogP) is 3.12.